The van der Waals surface area contributed by atoms with Crippen molar-refractivity contribution < 1.29 is 9.53 Å². The van der Waals surface area contributed by atoms with Gasteiger partial charge in [0.1, 0.15) is 6.61 Å². The van der Waals surface area contributed by atoms with E-state index in [4.69, 9.17) is 4.74 Å². The molecule has 0 aromatic carbocycles. The highest BCUT2D eigenvalue weighted by Gasteiger charge is 2.47. The molecule has 0 unspecified atom stereocenters. The van der Waals surface area contributed by atoms with Crippen LogP contribution in [-0.4, -0.2) is 52.0 Å². The molecule has 2 aromatic rings. The number of piperidine rings is 1. The smallest absolute Gasteiger partial charge is 0.249 e. The summed E-state index contributed by atoms with van der Waals surface area (Å²) in [6, 6.07) is 8.45. The number of ether oxygens (including phenoxy) is 1. The maximum absolute atomic E-state index is 12.5. The van der Waals surface area contributed by atoms with Gasteiger partial charge in [-0.05, 0) is 50.5 Å². The van der Waals surface area contributed by atoms with Crippen LogP contribution in [0.1, 0.15) is 35.1 Å². The topological polar surface area (TPSA) is 45.7 Å². The Morgan fingerprint density at radius 3 is 2.74 bits per heavy atom. The fourth-order valence-electron chi connectivity index (χ4n) is 4.26. The van der Waals surface area contributed by atoms with Gasteiger partial charge in [0.15, 0.2) is 0 Å². The second kappa shape index (κ2) is 7.70. The summed E-state index contributed by atoms with van der Waals surface area (Å²) in [5, 5.41) is 0. The molecule has 27 heavy (non-hydrogen) atoms. The number of hydrogen-bond acceptors (Lipinski definition) is 5. The Balaban J connectivity index is 1.41. The maximum atomic E-state index is 12.5. The number of carbonyl (C=O) groups excluding carboxylic acids is 1. The van der Waals surface area contributed by atoms with Gasteiger partial charge in [-0.2, -0.15) is 0 Å². The monoisotopic (exact) mass is 385 g/mol. The van der Waals surface area contributed by atoms with Gasteiger partial charge in [-0.1, -0.05) is 6.07 Å². The summed E-state index contributed by atoms with van der Waals surface area (Å²) in [6.07, 6.45) is 5.54. The van der Waals surface area contributed by atoms with Gasteiger partial charge in [0.2, 0.25) is 5.91 Å². The number of carbonyl (C=O) groups is 1. The van der Waals surface area contributed by atoms with E-state index < -0.39 is 0 Å². The predicted molar refractivity (Wildman–Crippen MR) is 106 cm³/mol. The zero-order valence-corrected chi connectivity index (χ0v) is 16.9. The van der Waals surface area contributed by atoms with E-state index in [2.05, 4.69) is 35.9 Å². The van der Waals surface area contributed by atoms with Crippen LogP contribution in [0.25, 0.3) is 0 Å². The van der Waals surface area contributed by atoms with Crippen molar-refractivity contribution in [3.8, 4) is 0 Å². The minimum Gasteiger partial charge on any atom is -0.363 e. The maximum Gasteiger partial charge on any atom is 0.249 e. The number of rotatable bonds is 4. The third-order valence-corrected chi connectivity index (χ3v) is 6.97. The number of aromatic nitrogens is 1. The number of hydrogen-bond donors (Lipinski definition) is 0. The van der Waals surface area contributed by atoms with Crippen LogP contribution in [0.4, 0.5) is 0 Å². The van der Waals surface area contributed by atoms with Gasteiger partial charge >= 0.3 is 0 Å². The molecule has 2 aliphatic heterocycles. The van der Waals surface area contributed by atoms with Gasteiger partial charge in [0, 0.05) is 48.3 Å². The Bertz CT molecular complexity index is 784. The van der Waals surface area contributed by atoms with Crippen LogP contribution in [0.15, 0.2) is 36.7 Å². The molecule has 2 saturated heterocycles. The van der Waals surface area contributed by atoms with Crippen molar-refractivity contribution in [1.82, 2.24) is 14.8 Å². The lowest BCUT2D eigenvalue weighted by molar-refractivity contribution is -0.188. The van der Waals surface area contributed by atoms with E-state index in [0.717, 1.165) is 38.0 Å². The van der Waals surface area contributed by atoms with Gasteiger partial charge < -0.3 is 9.64 Å². The third kappa shape index (κ3) is 3.93. The first kappa shape index (κ1) is 18.6. The molecule has 0 N–H and O–H groups in total. The lowest BCUT2D eigenvalue weighted by Crippen LogP contribution is -2.63. The molecule has 4 rings (SSSR count). The number of morpholine rings is 1. The van der Waals surface area contributed by atoms with E-state index in [-0.39, 0.29) is 24.2 Å². The van der Waals surface area contributed by atoms with Gasteiger partial charge in [0.25, 0.3) is 0 Å². The van der Waals surface area contributed by atoms with Gasteiger partial charge in [-0.25, -0.2) is 0 Å². The molecular weight excluding hydrogens is 358 g/mol. The molecule has 0 bridgehead atoms. The summed E-state index contributed by atoms with van der Waals surface area (Å²) >= 11 is 1.88. The van der Waals surface area contributed by atoms with Crippen LogP contribution in [0.2, 0.25) is 0 Å². The molecule has 0 radical (unpaired) electrons. The molecule has 6 heteroatoms. The highest BCUT2D eigenvalue weighted by molar-refractivity contribution is 7.11. The zero-order chi connectivity index (χ0) is 18.9. The quantitative estimate of drug-likeness (QED) is 0.811. The number of pyridine rings is 1. The number of aryl methyl sites for hydroxylation is 1. The average Bonchev–Trinajstić information content (AvgIpc) is 3.09. The molecule has 2 aliphatic rings. The summed E-state index contributed by atoms with van der Waals surface area (Å²) in [4.78, 5) is 24.0. The van der Waals surface area contributed by atoms with Crippen LogP contribution in [0, 0.1) is 6.92 Å². The minimum absolute atomic E-state index is 0.0742. The van der Waals surface area contributed by atoms with E-state index >= 15 is 0 Å². The largest absolute Gasteiger partial charge is 0.363 e. The van der Waals surface area contributed by atoms with Crippen molar-refractivity contribution in [2.24, 2.45) is 0 Å². The Hall–Kier alpha value is -1.76. The second-order valence-electron chi connectivity index (χ2n) is 7.70. The average molecular weight is 386 g/mol. The van der Waals surface area contributed by atoms with Crippen molar-refractivity contribution >= 4 is 17.2 Å². The molecule has 144 valence electrons. The van der Waals surface area contributed by atoms with E-state index in [1.165, 1.54) is 9.75 Å². The molecule has 0 saturated carbocycles. The SMILES string of the molecule is Cc1ccc(CN2CCC3(CC2)OCC(=O)N(Cc2cccnc2)[C@H]3C)s1. The first-order chi connectivity index (χ1) is 13.1. The van der Waals surface area contributed by atoms with Crippen molar-refractivity contribution in [2.45, 2.75) is 51.4 Å². The number of thiophene rings is 1. The zero-order valence-electron chi connectivity index (χ0n) is 16.1. The third-order valence-electron chi connectivity index (χ3n) is 5.99. The van der Waals surface area contributed by atoms with Gasteiger partial charge in [-0.15, -0.1) is 11.3 Å². The molecule has 5 nitrogen and oxygen atoms in total. The van der Waals surface area contributed by atoms with Crippen LogP contribution >= 0.6 is 11.3 Å². The molecule has 4 heterocycles. The van der Waals surface area contributed by atoms with Crippen LogP contribution < -0.4 is 0 Å². The molecule has 1 amide bonds. The minimum atomic E-state index is -0.224. The van der Waals surface area contributed by atoms with Crippen molar-refractivity contribution in [1.29, 1.82) is 0 Å². The molecule has 2 fully saturated rings. The number of nitrogens with zero attached hydrogens (tertiary/aromatic N) is 3. The molecular formula is C21H27N3O2S. The number of likely N-dealkylation sites (tertiary alicyclic amines) is 1. The normalized spacial score (nSPS) is 23.1. The summed E-state index contributed by atoms with van der Waals surface area (Å²) in [5.41, 5.74) is 0.845. The lowest BCUT2D eigenvalue weighted by Gasteiger charge is -2.51. The lowest BCUT2D eigenvalue weighted by atomic mass is 9.82. The van der Waals surface area contributed by atoms with Crippen LogP contribution in [0.5, 0.6) is 0 Å². The van der Waals surface area contributed by atoms with Gasteiger partial charge in [-0.3, -0.25) is 14.7 Å². The van der Waals surface area contributed by atoms with Crippen molar-refractivity contribution in [3.63, 3.8) is 0 Å². The Morgan fingerprint density at radius 1 is 1.26 bits per heavy atom. The fourth-order valence-corrected chi connectivity index (χ4v) is 5.20. The molecule has 0 aliphatic carbocycles. The Labute approximate surface area is 165 Å². The summed E-state index contributed by atoms with van der Waals surface area (Å²) in [6.45, 7) is 8.13. The first-order valence-corrected chi connectivity index (χ1v) is 10.5. The second-order valence-corrected chi connectivity index (χ2v) is 9.07. The van der Waals surface area contributed by atoms with Crippen LogP contribution in [-0.2, 0) is 22.6 Å². The van der Waals surface area contributed by atoms with Crippen molar-refractivity contribution in [2.75, 3.05) is 19.7 Å². The highest BCUT2D eigenvalue weighted by Crippen LogP contribution is 2.36. The van der Waals surface area contributed by atoms with Crippen molar-refractivity contribution in [3.05, 3.63) is 52.0 Å². The summed E-state index contributed by atoms with van der Waals surface area (Å²) in [7, 11) is 0. The molecule has 1 spiro atoms. The summed E-state index contributed by atoms with van der Waals surface area (Å²) in [5.74, 6) is 0.0773. The highest BCUT2D eigenvalue weighted by atomic mass is 32.1. The Morgan fingerprint density at radius 2 is 2.07 bits per heavy atom. The van der Waals surface area contributed by atoms with Crippen LogP contribution in [0.3, 0.4) is 0 Å². The predicted octanol–water partition coefficient (Wildman–Crippen LogP) is 3.23. The first-order valence-electron chi connectivity index (χ1n) is 9.66. The fraction of sp³-hybridized carbons (Fsp3) is 0.524. The van der Waals surface area contributed by atoms with E-state index in [0.29, 0.717) is 6.54 Å². The van der Waals surface area contributed by atoms with Gasteiger partial charge in [0.05, 0.1) is 11.6 Å². The van der Waals surface area contributed by atoms with E-state index in [1.807, 2.05) is 34.6 Å². The van der Waals surface area contributed by atoms with E-state index in [9.17, 15) is 4.79 Å². The standard InChI is InChI=1S/C21H27N3O2S/c1-16-5-6-19(27-16)14-23-10-7-21(8-11-23)17(2)24(20(25)15-26-21)13-18-4-3-9-22-12-18/h3-6,9,12,17H,7-8,10-11,13-15H2,1-2H3/t17-/m0/s1. The molecule has 1 atom stereocenters. The Kier molecular flexibility index (Phi) is 5.30. The number of amides is 1. The van der Waals surface area contributed by atoms with E-state index in [1.54, 1.807) is 6.20 Å². The molecule has 2 aromatic heterocycles. The summed E-state index contributed by atoms with van der Waals surface area (Å²) < 4.78 is 6.17.